The normalized spacial score (nSPS) is 25.2. The predicted molar refractivity (Wildman–Crippen MR) is 71.4 cm³/mol. The summed E-state index contributed by atoms with van der Waals surface area (Å²) in [5.74, 6) is 0. The fourth-order valence-electron chi connectivity index (χ4n) is 1.97. The van der Waals surface area contributed by atoms with Crippen molar-refractivity contribution in [1.29, 1.82) is 0 Å². The third kappa shape index (κ3) is 5.78. The number of amides is 1. The predicted octanol–water partition coefficient (Wildman–Crippen LogP) is 1.75. The summed E-state index contributed by atoms with van der Waals surface area (Å²) < 4.78 is 32.5. The van der Waals surface area contributed by atoms with Crippen LogP contribution in [0.4, 0.5) is 4.79 Å². The van der Waals surface area contributed by atoms with Crippen LogP contribution in [0, 0.1) is 0 Å². The van der Waals surface area contributed by atoms with Gasteiger partial charge in [-0.25, -0.2) is 4.79 Å². The van der Waals surface area contributed by atoms with E-state index in [-0.39, 0.29) is 12.6 Å². The molecule has 1 aliphatic rings. The van der Waals surface area contributed by atoms with Gasteiger partial charge in [-0.15, -0.1) is 0 Å². The average Bonchev–Trinajstić information content (AvgIpc) is 2.16. The van der Waals surface area contributed by atoms with Crippen molar-refractivity contribution in [2.75, 3.05) is 12.8 Å². The van der Waals surface area contributed by atoms with Gasteiger partial charge in [0.2, 0.25) is 0 Å². The van der Waals surface area contributed by atoms with E-state index in [9.17, 15) is 13.2 Å². The summed E-state index contributed by atoms with van der Waals surface area (Å²) in [6, 6.07) is 0.0225. The number of carbonyl (C=O) groups excluding carboxylic acids is 1. The van der Waals surface area contributed by atoms with Gasteiger partial charge in [0, 0.05) is 6.04 Å². The molecule has 112 valence electrons. The number of hydrogen-bond donors (Lipinski definition) is 0. The van der Waals surface area contributed by atoms with Crippen molar-refractivity contribution in [2.24, 2.45) is 0 Å². The standard InChI is InChI=1S/C12H23NO5S/c1-9-6-7-10(18-19(5,15)16)8-13(9)11(14)17-12(2,3)4/h9-10H,6-8H2,1-5H3. The number of hydrogen-bond acceptors (Lipinski definition) is 5. The zero-order chi connectivity index (χ0) is 14.8. The first-order chi connectivity index (χ1) is 8.48. The minimum absolute atomic E-state index is 0.0225. The third-order valence-electron chi connectivity index (χ3n) is 2.78. The maximum atomic E-state index is 12.0. The highest BCUT2D eigenvalue weighted by Gasteiger charge is 2.33. The quantitative estimate of drug-likeness (QED) is 0.725. The Balaban J connectivity index is 2.68. The molecule has 1 aliphatic heterocycles. The van der Waals surface area contributed by atoms with Crippen molar-refractivity contribution in [2.45, 2.75) is 58.3 Å². The molecule has 1 amide bonds. The van der Waals surface area contributed by atoms with Crippen molar-refractivity contribution in [3.05, 3.63) is 0 Å². The van der Waals surface area contributed by atoms with Crippen LogP contribution in [0.15, 0.2) is 0 Å². The third-order valence-corrected chi connectivity index (χ3v) is 3.40. The van der Waals surface area contributed by atoms with E-state index in [0.717, 1.165) is 6.26 Å². The Hall–Kier alpha value is -0.820. The second-order valence-corrected chi connectivity index (χ2v) is 7.58. The number of ether oxygens (including phenoxy) is 1. The second-order valence-electron chi connectivity index (χ2n) is 5.98. The molecule has 1 saturated heterocycles. The van der Waals surface area contributed by atoms with Crippen LogP contribution >= 0.6 is 0 Å². The monoisotopic (exact) mass is 293 g/mol. The van der Waals surface area contributed by atoms with Gasteiger partial charge in [-0.1, -0.05) is 0 Å². The molecule has 0 N–H and O–H groups in total. The first-order valence-corrected chi connectivity index (χ1v) is 8.17. The van der Waals surface area contributed by atoms with E-state index in [1.807, 2.05) is 6.92 Å². The van der Waals surface area contributed by atoms with Crippen LogP contribution in [0.1, 0.15) is 40.5 Å². The van der Waals surface area contributed by atoms with E-state index in [2.05, 4.69) is 0 Å². The van der Waals surface area contributed by atoms with Gasteiger partial charge in [-0.3, -0.25) is 4.18 Å². The molecule has 0 aromatic carbocycles. The van der Waals surface area contributed by atoms with Gasteiger partial charge in [0.25, 0.3) is 10.1 Å². The lowest BCUT2D eigenvalue weighted by atomic mass is 10.0. The molecule has 0 saturated carbocycles. The Labute approximate surface area is 115 Å². The molecule has 2 unspecified atom stereocenters. The molecule has 7 heteroatoms. The summed E-state index contributed by atoms with van der Waals surface area (Å²) >= 11 is 0. The van der Waals surface area contributed by atoms with Crippen molar-refractivity contribution in [3.8, 4) is 0 Å². The van der Waals surface area contributed by atoms with Gasteiger partial charge in [0.1, 0.15) is 5.60 Å². The van der Waals surface area contributed by atoms with Crippen LogP contribution in [0.2, 0.25) is 0 Å². The number of carbonyl (C=O) groups is 1. The molecule has 0 radical (unpaired) electrons. The maximum absolute atomic E-state index is 12.0. The highest BCUT2D eigenvalue weighted by atomic mass is 32.2. The van der Waals surface area contributed by atoms with E-state index >= 15 is 0 Å². The van der Waals surface area contributed by atoms with Gasteiger partial charge in [-0.05, 0) is 40.5 Å². The molecular formula is C12H23NO5S. The lowest BCUT2D eigenvalue weighted by Crippen LogP contribution is -2.50. The lowest BCUT2D eigenvalue weighted by molar-refractivity contribution is -0.00447. The highest BCUT2D eigenvalue weighted by molar-refractivity contribution is 7.86. The maximum Gasteiger partial charge on any atom is 0.410 e. The Morgan fingerprint density at radius 2 is 1.84 bits per heavy atom. The zero-order valence-electron chi connectivity index (χ0n) is 12.2. The molecule has 0 aromatic rings. The van der Waals surface area contributed by atoms with Gasteiger partial charge < -0.3 is 9.64 Å². The molecule has 0 bridgehead atoms. The first kappa shape index (κ1) is 16.2. The fourth-order valence-corrected chi connectivity index (χ4v) is 2.63. The Morgan fingerprint density at radius 1 is 1.26 bits per heavy atom. The van der Waals surface area contributed by atoms with Gasteiger partial charge in [0.15, 0.2) is 0 Å². The minimum Gasteiger partial charge on any atom is -0.444 e. The molecule has 1 rings (SSSR count). The van der Waals surface area contributed by atoms with E-state index < -0.39 is 27.9 Å². The largest absolute Gasteiger partial charge is 0.444 e. The van der Waals surface area contributed by atoms with E-state index in [1.165, 1.54) is 4.90 Å². The molecular weight excluding hydrogens is 270 g/mol. The SMILES string of the molecule is CC1CCC(OS(C)(=O)=O)CN1C(=O)OC(C)(C)C. The van der Waals surface area contributed by atoms with Crippen LogP contribution in [0.5, 0.6) is 0 Å². The molecule has 0 aromatic heterocycles. The topological polar surface area (TPSA) is 72.9 Å². The van der Waals surface area contributed by atoms with Crippen LogP contribution in [0.3, 0.4) is 0 Å². The number of nitrogens with zero attached hydrogens (tertiary/aromatic N) is 1. The van der Waals surface area contributed by atoms with Crippen LogP contribution < -0.4 is 0 Å². The van der Waals surface area contributed by atoms with Crippen molar-refractivity contribution in [1.82, 2.24) is 4.90 Å². The smallest absolute Gasteiger partial charge is 0.410 e. The van der Waals surface area contributed by atoms with Crippen LogP contribution in [0.25, 0.3) is 0 Å². The van der Waals surface area contributed by atoms with E-state index in [0.29, 0.717) is 12.8 Å². The summed E-state index contributed by atoms with van der Waals surface area (Å²) in [7, 11) is -3.50. The van der Waals surface area contributed by atoms with Crippen LogP contribution in [-0.4, -0.2) is 50.0 Å². The number of rotatable bonds is 2. The number of piperidine rings is 1. The van der Waals surface area contributed by atoms with E-state index in [1.54, 1.807) is 20.8 Å². The van der Waals surface area contributed by atoms with Crippen molar-refractivity contribution < 1.29 is 22.1 Å². The number of likely N-dealkylation sites (tertiary alicyclic amines) is 1. The molecule has 2 atom stereocenters. The van der Waals surface area contributed by atoms with Crippen molar-refractivity contribution in [3.63, 3.8) is 0 Å². The van der Waals surface area contributed by atoms with E-state index in [4.69, 9.17) is 8.92 Å². The van der Waals surface area contributed by atoms with Gasteiger partial charge in [0.05, 0.1) is 18.9 Å². The first-order valence-electron chi connectivity index (χ1n) is 6.36. The summed E-state index contributed by atoms with van der Waals surface area (Å²) in [6.07, 6.45) is 1.41. The van der Waals surface area contributed by atoms with Gasteiger partial charge in [-0.2, -0.15) is 8.42 Å². The highest BCUT2D eigenvalue weighted by Crippen LogP contribution is 2.22. The molecule has 1 heterocycles. The molecule has 1 fully saturated rings. The summed E-state index contributed by atoms with van der Waals surface area (Å²) in [5.41, 5.74) is -0.568. The summed E-state index contributed by atoms with van der Waals surface area (Å²) in [6.45, 7) is 7.54. The molecule has 6 nitrogen and oxygen atoms in total. The Morgan fingerprint density at radius 3 is 2.32 bits per heavy atom. The average molecular weight is 293 g/mol. The summed E-state index contributed by atoms with van der Waals surface area (Å²) in [4.78, 5) is 13.6. The van der Waals surface area contributed by atoms with Crippen LogP contribution in [-0.2, 0) is 19.0 Å². The zero-order valence-corrected chi connectivity index (χ0v) is 13.0. The molecule has 0 spiro atoms. The summed E-state index contributed by atoms with van der Waals surface area (Å²) in [5, 5.41) is 0. The molecule has 19 heavy (non-hydrogen) atoms. The van der Waals surface area contributed by atoms with Gasteiger partial charge >= 0.3 is 6.09 Å². The second kappa shape index (κ2) is 5.66. The van der Waals surface area contributed by atoms with Crippen molar-refractivity contribution >= 4 is 16.2 Å². The Kier molecular flexibility index (Phi) is 4.84. The Bertz CT molecular complexity index is 426. The minimum atomic E-state index is -3.50. The lowest BCUT2D eigenvalue weighted by Gasteiger charge is -2.37. The fraction of sp³-hybridized carbons (Fsp3) is 0.917. The molecule has 0 aliphatic carbocycles.